The van der Waals surface area contributed by atoms with Gasteiger partial charge in [-0.25, -0.2) is 9.97 Å². The minimum atomic E-state index is -0.0430. The molecule has 0 radical (unpaired) electrons. The fourth-order valence-corrected chi connectivity index (χ4v) is 2.03. The van der Waals surface area contributed by atoms with E-state index in [9.17, 15) is 0 Å². The lowest BCUT2D eigenvalue weighted by atomic mass is 10.2. The fourth-order valence-electron chi connectivity index (χ4n) is 1.20. The van der Waals surface area contributed by atoms with Gasteiger partial charge in [-0.2, -0.15) is 11.3 Å². The molecule has 2 heterocycles. The van der Waals surface area contributed by atoms with Crippen molar-refractivity contribution in [2.24, 2.45) is 0 Å². The van der Waals surface area contributed by atoms with Crippen molar-refractivity contribution in [2.75, 3.05) is 0 Å². The van der Waals surface area contributed by atoms with Crippen LogP contribution in [0.15, 0.2) is 23.0 Å². The van der Waals surface area contributed by atoms with Crippen molar-refractivity contribution in [2.45, 2.75) is 13.5 Å². The number of aromatic nitrogens is 2. The SMILES string of the molecule is Cc1cscc1-c1nccc(CO)n1. The van der Waals surface area contributed by atoms with Crippen LogP contribution < -0.4 is 0 Å². The van der Waals surface area contributed by atoms with Crippen LogP contribution in [0.25, 0.3) is 11.4 Å². The number of hydrogen-bond donors (Lipinski definition) is 1. The van der Waals surface area contributed by atoms with E-state index >= 15 is 0 Å². The largest absolute Gasteiger partial charge is 0.390 e. The van der Waals surface area contributed by atoms with E-state index in [2.05, 4.69) is 15.3 Å². The van der Waals surface area contributed by atoms with Gasteiger partial charge in [-0.1, -0.05) is 0 Å². The zero-order valence-corrected chi connectivity index (χ0v) is 8.58. The van der Waals surface area contributed by atoms with Gasteiger partial charge in [-0.15, -0.1) is 0 Å². The Morgan fingerprint density at radius 1 is 1.43 bits per heavy atom. The Balaban J connectivity index is 2.47. The third kappa shape index (κ3) is 1.66. The summed E-state index contributed by atoms with van der Waals surface area (Å²) in [6.07, 6.45) is 1.67. The van der Waals surface area contributed by atoms with Crippen molar-refractivity contribution in [1.82, 2.24) is 9.97 Å². The molecule has 0 bridgehead atoms. The third-order valence-corrected chi connectivity index (χ3v) is 2.83. The molecule has 0 aliphatic heterocycles. The second-order valence-electron chi connectivity index (χ2n) is 3.00. The van der Waals surface area contributed by atoms with E-state index in [0.29, 0.717) is 11.5 Å². The number of rotatable bonds is 2. The first-order valence-electron chi connectivity index (χ1n) is 4.27. The zero-order valence-electron chi connectivity index (χ0n) is 7.77. The molecule has 2 rings (SSSR count). The third-order valence-electron chi connectivity index (χ3n) is 1.97. The number of aliphatic hydroxyl groups excluding tert-OH is 1. The lowest BCUT2D eigenvalue weighted by molar-refractivity contribution is 0.277. The maximum atomic E-state index is 8.94. The number of aliphatic hydroxyl groups is 1. The summed E-state index contributed by atoms with van der Waals surface area (Å²) < 4.78 is 0. The quantitative estimate of drug-likeness (QED) is 0.817. The topological polar surface area (TPSA) is 46.0 Å². The van der Waals surface area contributed by atoms with Gasteiger partial charge in [-0.3, -0.25) is 0 Å². The minimum Gasteiger partial charge on any atom is -0.390 e. The van der Waals surface area contributed by atoms with E-state index < -0.39 is 0 Å². The molecular formula is C10H10N2OS. The van der Waals surface area contributed by atoms with Gasteiger partial charge in [0, 0.05) is 17.1 Å². The zero-order chi connectivity index (χ0) is 9.97. The predicted molar refractivity (Wildman–Crippen MR) is 56.0 cm³/mol. The van der Waals surface area contributed by atoms with Crippen molar-refractivity contribution >= 4 is 11.3 Å². The molecule has 0 atom stereocenters. The first kappa shape index (κ1) is 9.30. The highest BCUT2D eigenvalue weighted by Crippen LogP contribution is 2.23. The van der Waals surface area contributed by atoms with Crippen LogP contribution in [-0.4, -0.2) is 15.1 Å². The molecule has 0 aliphatic carbocycles. The van der Waals surface area contributed by atoms with Crippen LogP contribution in [0.1, 0.15) is 11.3 Å². The summed E-state index contributed by atoms with van der Waals surface area (Å²) in [4.78, 5) is 8.42. The van der Waals surface area contributed by atoms with Crippen molar-refractivity contribution in [3.63, 3.8) is 0 Å². The van der Waals surface area contributed by atoms with Gasteiger partial charge in [0.2, 0.25) is 0 Å². The summed E-state index contributed by atoms with van der Waals surface area (Å²) >= 11 is 1.63. The summed E-state index contributed by atoms with van der Waals surface area (Å²) in [5, 5.41) is 13.0. The first-order chi connectivity index (χ1) is 6.81. The van der Waals surface area contributed by atoms with E-state index in [0.717, 1.165) is 5.56 Å². The van der Waals surface area contributed by atoms with Crippen LogP contribution in [0.2, 0.25) is 0 Å². The first-order valence-corrected chi connectivity index (χ1v) is 5.21. The van der Waals surface area contributed by atoms with Crippen LogP contribution in [0.5, 0.6) is 0 Å². The summed E-state index contributed by atoms with van der Waals surface area (Å²) in [6.45, 7) is 1.99. The summed E-state index contributed by atoms with van der Waals surface area (Å²) in [7, 11) is 0. The van der Waals surface area contributed by atoms with E-state index in [1.54, 1.807) is 23.6 Å². The lowest BCUT2D eigenvalue weighted by Crippen LogP contribution is -1.94. The second kappa shape index (κ2) is 3.86. The molecule has 0 spiro atoms. The highest BCUT2D eigenvalue weighted by Gasteiger charge is 2.05. The summed E-state index contributed by atoms with van der Waals surface area (Å²) in [5.41, 5.74) is 2.87. The van der Waals surface area contributed by atoms with Crippen LogP contribution in [-0.2, 0) is 6.61 Å². The van der Waals surface area contributed by atoms with Gasteiger partial charge in [0.1, 0.15) is 0 Å². The Labute approximate surface area is 86.1 Å². The molecule has 0 aromatic carbocycles. The monoisotopic (exact) mass is 206 g/mol. The molecular weight excluding hydrogens is 196 g/mol. The average molecular weight is 206 g/mol. The van der Waals surface area contributed by atoms with Crippen LogP contribution >= 0.6 is 11.3 Å². The number of thiophene rings is 1. The Bertz CT molecular complexity index is 439. The van der Waals surface area contributed by atoms with Crippen LogP contribution in [0.3, 0.4) is 0 Å². The maximum absolute atomic E-state index is 8.94. The molecule has 0 aliphatic rings. The van der Waals surface area contributed by atoms with Crippen molar-refractivity contribution in [3.05, 3.63) is 34.3 Å². The molecule has 14 heavy (non-hydrogen) atoms. The second-order valence-corrected chi connectivity index (χ2v) is 3.74. The standard InChI is InChI=1S/C10H10N2OS/c1-7-5-14-6-9(7)10-11-3-2-8(4-13)12-10/h2-3,5-6,13H,4H2,1H3. The Hall–Kier alpha value is -1.26. The average Bonchev–Trinajstić information content (AvgIpc) is 2.65. The molecule has 3 nitrogen and oxygen atoms in total. The molecule has 4 heteroatoms. The molecule has 1 N–H and O–H groups in total. The lowest BCUT2D eigenvalue weighted by Gasteiger charge is -2.00. The number of aryl methyl sites for hydroxylation is 1. The molecule has 0 amide bonds. The van der Waals surface area contributed by atoms with Gasteiger partial charge in [-0.05, 0) is 23.9 Å². The Morgan fingerprint density at radius 2 is 2.29 bits per heavy atom. The highest BCUT2D eigenvalue weighted by molar-refractivity contribution is 7.08. The molecule has 0 unspecified atom stereocenters. The Morgan fingerprint density at radius 3 is 2.93 bits per heavy atom. The number of hydrogen-bond acceptors (Lipinski definition) is 4. The van der Waals surface area contributed by atoms with E-state index in [-0.39, 0.29) is 6.61 Å². The van der Waals surface area contributed by atoms with Crippen molar-refractivity contribution in [3.8, 4) is 11.4 Å². The number of nitrogens with zero attached hydrogens (tertiary/aromatic N) is 2. The van der Waals surface area contributed by atoms with Gasteiger partial charge in [0.25, 0.3) is 0 Å². The minimum absolute atomic E-state index is 0.0430. The fraction of sp³-hybridized carbons (Fsp3) is 0.200. The van der Waals surface area contributed by atoms with Crippen LogP contribution in [0, 0.1) is 6.92 Å². The van der Waals surface area contributed by atoms with Crippen molar-refractivity contribution < 1.29 is 5.11 Å². The highest BCUT2D eigenvalue weighted by atomic mass is 32.1. The molecule has 2 aromatic heterocycles. The van der Waals surface area contributed by atoms with E-state index in [1.807, 2.05) is 12.3 Å². The molecule has 0 fully saturated rings. The van der Waals surface area contributed by atoms with E-state index in [4.69, 9.17) is 5.11 Å². The maximum Gasteiger partial charge on any atom is 0.160 e. The molecule has 0 saturated carbocycles. The normalized spacial score (nSPS) is 10.4. The Kier molecular flexibility index (Phi) is 2.56. The summed E-state index contributed by atoms with van der Waals surface area (Å²) in [6, 6.07) is 1.71. The van der Waals surface area contributed by atoms with Gasteiger partial charge in [0.05, 0.1) is 12.3 Å². The van der Waals surface area contributed by atoms with Gasteiger partial charge in [0.15, 0.2) is 5.82 Å². The smallest absolute Gasteiger partial charge is 0.160 e. The van der Waals surface area contributed by atoms with Crippen molar-refractivity contribution in [1.29, 1.82) is 0 Å². The molecule has 2 aromatic rings. The van der Waals surface area contributed by atoms with Gasteiger partial charge < -0.3 is 5.11 Å². The van der Waals surface area contributed by atoms with E-state index in [1.165, 1.54) is 5.56 Å². The summed E-state index contributed by atoms with van der Waals surface area (Å²) in [5.74, 6) is 0.690. The predicted octanol–water partition coefficient (Wildman–Crippen LogP) is 2.01. The molecule has 72 valence electrons. The van der Waals surface area contributed by atoms with Crippen LogP contribution in [0.4, 0.5) is 0 Å². The molecule has 0 saturated heterocycles. The van der Waals surface area contributed by atoms with Gasteiger partial charge >= 0.3 is 0 Å².